The van der Waals surface area contributed by atoms with Crippen LogP contribution >= 0.6 is 7.82 Å². The van der Waals surface area contributed by atoms with Crippen LogP contribution in [0.5, 0.6) is 0 Å². The third kappa shape index (κ3) is 23.4. The van der Waals surface area contributed by atoms with Crippen LogP contribution in [0.3, 0.4) is 0 Å². The molecule has 0 heterocycles. The number of hydrogen-bond donors (Lipinski definition) is 6. The number of carbonyl (C=O) groups is 2. The van der Waals surface area contributed by atoms with Crippen molar-refractivity contribution in [1.29, 1.82) is 0 Å². The van der Waals surface area contributed by atoms with Gasteiger partial charge in [0.15, 0.2) is 6.10 Å². The average Bonchev–Trinajstić information content (AvgIpc) is 3.13. The smallest absolute Gasteiger partial charge is 0.462 e. The van der Waals surface area contributed by atoms with E-state index in [0.717, 1.165) is 77.0 Å². The third-order valence-electron chi connectivity index (χ3n) is 8.72. The molecule has 0 aliphatic heterocycles. The van der Waals surface area contributed by atoms with E-state index in [1.54, 1.807) is 0 Å². The molecule has 7 unspecified atom stereocenters. The van der Waals surface area contributed by atoms with Crippen LogP contribution in [0.25, 0.3) is 0 Å². The minimum absolute atomic E-state index is 0.0702. The van der Waals surface area contributed by atoms with Crippen LogP contribution in [-0.2, 0) is 32.7 Å². The van der Waals surface area contributed by atoms with E-state index in [2.05, 4.69) is 38.2 Å². The minimum Gasteiger partial charge on any atom is -0.462 e. The second kappa shape index (κ2) is 30.1. The Morgan fingerprint density at radius 2 is 1.09 bits per heavy atom. The summed E-state index contributed by atoms with van der Waals surface area (Å²) < 4.78 is 33.3. The van der Waals surface area contributed by atoms with Crippen LogP contribution in [-0.4, -0.2) is 98.3 Å². The van der Waals surface area contributed by atoms with Crippen molar-refractivity contribution in [1.82, 2.24) is 0 Å². The van der Waals surface area contributed by atoms with Crippen molar-refractivity contribution in [2.45, 2.75) is 172 Å². The largest absolute Gasteiger partial charge is 0.472 e. The zero-order valence-corrected chi connectivity index (χ0v) is 32.7. The molecule has 6 N–H and O–H groups in total. The van der Waals surface area contributed by atoms with Crippen LogP contribution in [0.15, 0.2) is 48.6 Å². The first-order chi connectivity index (χ1) is 25.4. The fourth-order valence-corrected chi connectivity index (χ4v) is 6.47. The summed E-state index contributed by atoms with van der Waals surface area (Å²) in [5.74, 6) is -1.14. The monoisotopic (exact) mass is 774 g/mol. The zero-order chi connectivity index (χ0) is 39.3. The molecule has 53 heavy (non-hydrogen) atoms. The van der Waals surface area contributed by atoms with Crippen LogP contribution in [0.4, 0.5) is 0 Å². The van der Waals surface area contributed by atoms with E-state index in [-0.39, 0.29) is 12.8 Å². The van der Waals surface area contributed by atoms with E-state index in [1.807, 2.05) is 24.3 Å². The lowest BCUT2D eigenvalue weighted by Gasteiger charge is -2.41. The molecule has 0 spiro atoms. The SMILES string of the molecule is CC/C=C/C=C/C=C/CCCCCCCC(=O)OC(COC(=O)CCCCCCC/C=C/CCCC)COP(=O)(O)OC1C(O)C(O)C(O)[C@@H](O)C1O. The standard InChI is InChI=1S/C39H67O13P/c1-3-5-7-9-11-13-15-16-18-20-22-24-26-28-33(41)51-31(29-49-32(40)27-25-23-21-19-17-14-12-10-8-6-4-2)30-50-53(47,48)52-39-37(45)35(43)34(42)36(44)38(39)46/h5,7,9-13,15,31,34-39,42-46H,3-4,6,8,14,16-30H2,1-2H3,(H,47,48)/b7-5+,11-9+,12-10+,15-13+/t31?,34?,35-,36?,37?,38?,39?/m1/s1. The number of aliphatic hydroxyl groups excluding tert-OH is 5. The van der Waals surface area contributed by atoms with Crippen molar-refractivity contribution in [3.63, 3.8) is 0 Å². The molecule has 0 aromatic rings. The molecule has 0 amide bonds. The quantitative estimate of drug-likeness (QED) is 0.0162. The van der Waals surface area contributed by atoms with Gasteiger partial charge in [-0.25, -0.2) is 4.57 Å². The lowest BCUT2D eigenvalue weighted by molar-refractivity contribution is -0.220. The van der Waals surface area contributed by atoms with Gasteiger partial charge in [-0.3, -0.25) is 18.6 Å². The summed E-state index contributed by atoms with van der Waals surface area (Å²) in [5, 5.41) is 49.9. The Kier molecular flexibility index (Phi) is 27.7. The topological polar surface area (TPSA) is 210 Å². The average molecular weight is 775 g/mol. The predicted octanol–water partition coefficient (Wildman–Crippen LogP) is 6.05. The Balaban J connectivity index is 2.57. The van der Waals surface area contributed by atoms with Gasteiger partial charge in [0, 0.05) is 12.8 Å². The molecule has 306 valence electrons. The summed E-state index contributed by atoms with van der Waals surface area (Å²) in [6.45, 7) is 3.05. The molecule has 1 aliphatic carbocycles. The fourth-order valence-electron chi connectivity index (χ4n) is 5.50. The molecule has 1 saturated carbocycles. The fraction of sp³-hybridized carbons (Fsp3) is 0.744. The maximum Gasteiger partial charge on any atom is 0.472 e. The van der Waals surface area contributed by atoms with Crippen LogP contribution in [0.1, 0.15) is 129 Å². The number of phosphoric ester groups is 1. The van der Waals surface area contributed by atoms with E-state index in [4.69, 9.17) is 18.5 Å². The van der Waals surface area contributed by atoms with Gasteiger partial charge < -0.3 is 39.9 Å². The van der Waals surface area contributed by atoms with Crippen molar-refractivity contribution >= 4 is 19.8 Å². The second-order valence-corrected chi connectivity index (χ2v) is 14.9. The number of rotatable bonds is 30. The first-order valence-electron chi connectivity index (χ1n) is 19.5. The van der Waals surface area contributed by atoms with Gasteiger partial charge in [0.1, 0.15) is 43.2 Å². The van der Waals surface area contributed by atoms with Crippen molar-refractivity contribution in [2.24, 2.45) is 0 Å². The van der Waals surface area contributed by atoms with Gasteiger partial charge in [-0.15, -0.1) is 0 Å². The first kappa shape index (κ1) is 48.8. The molecule has 0 bridgehead atoms. The number of aliphatic hydroxyl groups is 5. The number of allylic oxidation sites excluding steroid dienone is 8. The van der Waals surface area contributed by atoms with Crippen LogP contribution in [0.2, 0.25) is 0 Å². The van der Waals surface area contributed by atoms with Gasteiger partial charge in [-0.1, -0.05) is 114 Å². The molecule has 1 fully saturated rings. The lowest BCUT2D eigenvalue weighted by atomic mass is 9.85. The number of phosphoric acid groups is 1. The summed E-state index contributed by atoms with van der Waals surface area (Å²) >= 11 is 0. The third-order valence-corrected chi connectivity index (χ3v) is 9.70. The van der Waals surface area contributed by atoms with Crippen molar-refractivity contribution in [2.75, 3.05) is 13.2 Å². The molecule has 1 aliphatic rings. The molecule has 0 radical (unpaired) electrons. The first-order valence-corrected chi connectivity index (χ1v) is 21.0. The van der Waals surface area contributed by atoms with E-state index in [0.29, 0.717) is 12.8 Å². The van der Waals surface area contributed by atoms with E-state index < -0.39 is 75.7 Å². The summed E-state index contributed by atoms with van der Waals surface area (Å²) in [5.41, 5.74) is 0. The highest BCUT2D eigenvalue weighted by molar-refractivity contribution is 7.47. The molecule has 0 aromatic carbocycles. The Bertz CT molecular complexity index is 1120. The number of unbranched alkanes of at least 4 members (excludes halogenated alkanes) is 12. The minimum atomic E-state index is -5.12. The predicted molar refractivity (Wildman–Crippen MR) is 203 cm³/mol. The maximum atomic E-state index is 12.7. The molecule has 8 atom stereocenters. The van der Waals surface area contributed by atoms with Gasteiger partial charge in [0.2, 0.25) is 0 Å². The number of ether oxygens (including phenoxy) is 2. The van der Waals surface area contributed by atoms with E-state index in [1.165, 1.54) is 12.8 Å². The van der Waals surface area contributed by atoms with Gasteiger partial charge in [0.25, 0.3) is 0 Å². The van der Waals surface area contributed by atoms with Crippen molar-refractivity contribution < 1.29 is 63.1 Å². The van der Waals surface area contributed by atoms with Crippen LogP contribution < -0.4 is 0 Å². The van der Waals surface area contributed by atoms with Gasteiger partial charge in [0.05, 0.1) is 6.61 Å². The maximum absolute atomic E-state index is 12.7. The number of hydrogen-bond acceptors (Lipinski definition) is 12. The summed E-state index contributed by atoms with van der Waals surface area (Å²) in [4.78, 5) is 35.4. The van der Waals surface area contributed by atoms with Gasteiger partial charge >= 0.3 is 19.8 Å². The van der Waals surface area contributed by atoms with Gasteiger partial charge in [-0.2, -0.15) is 0 Å². The second-order valence-electron chi connectivity index (χ2n) is 13.5. The highest BCUT2D eigenvalue weighted by Crippen LogP contribution is 2.47. The normalized spacial score (nSPS) is 24.0. The van der Waals surface area contributed by atoms with E-state index >= 15 is 0 Å². The van der Waals surface area contributed by atoms with Gasteiger partial charge in [-0.05, 0) is 51.4 Å². The van der Waals surface area contributed by atoms with Crippen molar-refractivity contribution in [3.8, 4) is 0 Å². The molecule has 0 aromatic heterocycles. The Morgan fingerprint density at radius 3 is 1.68 bits per heavy atom. The number of carbonyl (C=O) groups excluding carboxylic acids is 2. The molecule has 1 rings (SSSR count). The molecular weight excluding hydrogens is 707 g/mol. The molecule has 14 heteroatoms. The van der Waals surface area contributed by atoms with E-state index in [9.17, 15) is 44.6 Å². The highest BCUT2D eigenvalue weighted by atomic mass is 31.2. The zero-order valence-electron chi connectivity index (χ0n) is 31.8. The summed E-state index contributed by atoms with van der Waals surface area (Å²) in [7, 11) is -5.12. The lowest BCUT2D eigenvalue weighted by Crippen LogP contribution is -2.64. The Labute approximate surface area is 316 Å². The Morgan fingerprint density at radius 1 is 0.604 bits per heavy atom. The molecule has 13 nitrogen and oxygen atoms in total. The highest BCUT2D eigenvalue weighted by Gasteiger charge is 2.51. The Hall–Kier alpha value is -2.19. The summed E-state index contributed by atoms with van der Waals surface area (Å²) in [6.07, 6.45) is 19.1. The van der Waals surface area contributed by atoms with Crippen molar-refractivity contribution in [3.05, 3.63) is 48.6 Å². The molecular formula is C39H67O13P. The molecule has 0 saturated heterocycles. The van der Waals surface area contributed by atoms with Crippen LogP contribution in [0, 0.1) is 0 Å². The summed E-state index contributed by atoms with van der Waals surface area (Å²) in [6, 6.07) is 0. The number of esters is 2.